The summed E-state index contributed by atoms with van der Waals surface area (Å²) in [5, 5.41) is 6.13. The fourth-order valence-corrected chi connectivity index (χ4v) is 4.57. The Labute approximate surface area is 198 Å². The number of hydrogen-bond acceptors (Lipinski definition) is 5. The van der Waals surface area contributed by atoms with E-state index in [0.717, 1.165) is 21.8 Å². The van der Waals surface area contributed by atoms with Crippen molar-refractivity contribution in [3.63, 3.8) is 0 Å². The lowest BCUT2D eigenvalue weighted by atomic mass is 9.83. The van der Waals surface area contributed by atoms with Gasteiger partial charge in [-0.15, -0.1) is 11.3 Å². The van der Waals surface area contributed by atoms with Gasteiger partial charge in [-0.05, 0) is 61.6 Å². The SMILES string of the molecule is CCOC(=O)c1ccccc1CCC(=O)Nc1cccc(/C=C/c2nc(C3CCC3)cs2)c1. The Bertz CT molecular complexity index is 1150. The Morgan fingerprint density at radius 1 is 1.15 bits per heavy atom. The Balaban J connectivity index is 1.33. The first-order valence-electron chi connectivity index (χ1n) is 11.4. The van der Waals surface area contributed by atoms with E-state index >= 15 is 0 Å². The number of hydrogen-bond donors (Lipinski definition) is 1. The molecule has 0 aliphatic heterocycles. The minimum absolute atomic E-state index is 0.0974. The van der Waals surface area contributed by atoms with Crippen LogP contribution in [0.3, 0.4) is 0 Å². The number of nitrogens with zero attached hydrogens (tertiary/aromatic N) is 1. The average molecular weight is 461 g/mol. The number of nitrogens with one attached hydrogen (secondary N) is 1. The summed E-state index contributed by atoms with van der Waals surface area (Å²) < 4.78 is 5.11. The van der Waals surface area contributed by atoms with Crippen molar-refractivity contribution in [1.29, 1.82) is 0 Å². The van der Waals surface area contributed by atoms with Gasteiger partial charge in [-0.2, -0.15) is 0 Å². The zero-order valence-corrected chi connectivity index (χ0v) is 19.6. The van der Waals surface area contributed by atoms with Crippen LogP contribution in [0.25, 0.3) is 12.2 Å². The summed E-state index contributed by atoms with van der Waals surface area (Å²) in [4.78, 5) is 29.4. The minimum Gasteiger partial charge on any atom is -0.462 e. The molecule has 4 rings (SSSR count). The van der Waals surface area contributed by atoms with Gasteiger partial charge in [-0.1, -0.05) is 42.8 Å². The maximum atomic E-state index is 12.5. The molecule has 1 saturated carbocycles. The molecule has 0 radical (unpaired) electrons. The molecule has 0 atom stereocenters. The number of amides is 1. The molecule has 1 N–H and O–H groups in total. The first-order valence-corrected chi connectivity index (χ1v) is 12.3. The third-order valence-electron chi connectivity index (χ3n) is 5.79. The molecule has 2 aromatic carbocycles. The van der Waals surface area contributed by atoms with Gasteiger partial charge in [0.2, 0.25) is 5.91 Å². The predicted octanol–water partition coefficient (Wildman–Crippen LogP) is 6.33. The molecule has 1 amide bonds. The average Bonchev–Trinajstić information content (AvgIpc) is 3.24. The van der Waals surface area contributed by atoms with Crippen molar-refractivity contribution < 1.29 is 14.3 Å². The molecule has 5 nitrogen and oxygen atoms in total. The Hall–Kier alpha value is -3.25. The molecule has 0 spiro atoms. The first kappa shape index (κ1) is 22.9. The smallest absolute Gasteiger partial charge is 0.338 e. The summed E-state index contributed by atoms with van der Waals surface area (Å²) in [7, 11) is 0. The van der Waals surface area contributed by atoms with Crippen molar-refractivity contribution in [3.05, 3.63) is 81.3 Å². The summed E-state index contributed by atoms with van der Waals surface area (Å²) in [6, 6.07) is 15.0. The first-order chi connectivity index (χ1) is 16.1. The molecule has 1 aromatic heterocycles. The van der Waals surface area contributed by atoms with Crippen LogP contribution in [0.2, 0.25) is 0 Å². The number of esters is 1. The molecule has 0 saturated heterocycles. The van der Waals surface area contributed by atoms with Gasteiger partial charge in [0.25, 0.3) is 0 Å². The summed E-state index contributed by atoms with van der Waals surface area (Å²) in [6.45, 7) is 2.10. The zero-order chi connectivity index (χ0) is 23.0. The van der Waals surface area contributed by atoms with Crippen molar-refractivity contribution in [2.24, 2.45) is 0 Å². The third-order valence-corrected chi connectivity index (χ3v) is 6.61. The number of ether oxygens (including phenoxy) is 1. The molecule has 1 heterocycles. The number of aromatic nitrogens is 1. The van der Waals surface area contributed by atoms with Crippen molar-refractivity contribution in [1.82, 2.24) is 4.98 Å². The van der Waals surface area contributed by atoms with E-state index < -0.39 is 0 Å². The van der Waals surface area contributed by atoms with Crippen molar-refractivity contribution in [2.75, 3.05) is 11.9 Å². The molecular weight excluding hydrogens is 432 g/mol. The molecule has 3 aromatic rings. The van der Waals surface area contributed by atoms with Crippen LogP contribution in [0, 0.1) is 0 Å². The van der Waals surface area contributed by atoms with Crippen LogP contribution < -0.4 is 5.32 Å². The Morgan fingerprint density at radius 3 is 2.79 bits per heavy atom. The fraction of sp³-hybridized carbons (Fsp3) is 0.296. The van der Waals surface area contributed by atoms with Crippen molar-refractivity contribution in [2.45, 2.75) is 44.9 Å². The van der Waals surface area contributed by atoms with E-state index in [1.807, 2.05) is 48.6 Å². The van der Waals surface area contributed by atoms with Crippen LogP contribution in [-0.4, -0.2) is 23.5 Å². The van der Waals surface area contributed by atoms with E-state index in [9.17, 15) is 9.59 Å². The Kier molecular flexibility index (Phi) is 7.68. The van der Waals surface area contributed by atoms with Gasteiger partial charge in [-0.3, -0.25) is 4.79 Å². The molecule has 6 heteroatoms. The number of benzene rings is 2. The largest absolute Gasteiger partial charge is 0.462 e. The number of rotatable bonds is 9. The maximum Gasteiger partial charge on any atom is 0.338 e. The van der Waals surface area contributed by atoms with Gasteiger partial charge < -0.3 is 10.1 Å². The van der Waals surface area contributed by atoms with Gasteiger partial charge in [0.1, 0.15) is 5.01 Å². The fourth-order valence-electron chi connectivity index (χ4n) is 3.77. The summed E-state index contributed by atoms with van der Waals surface area (Å²) >= 11 is 1.67. The quantitative estimate of drug-likeness (QED) is 0.379. The second kappa shape index (κ2) is 11.1. The second-order valence-electron chi connectivity index (χ2n) is 8.12. The normalized spacial score (nSPS) is 13.6. The number of carbonyl (C=O) groups is 2. The lowest BCUT2D eigenvalue weighted by Crippen LogP contribution is -2.14. The summed E-state index contributed by atoms with van der Waals surface area (Å²) in [6.07, 6.45) is 8.61. The summed E-state index contributed by atoms with van der Waals surface area (Å²) in [5.74, 6) is 0.194. The van der Waals surface area contributed by atoms with Gasteiger partial charge in [-0.25, -0.2) is 9.78 Å². The van der Waals surface area contributed by atoms with Crippen molar-refractivity contribution >= 4 is 41.1 Å². The molecule has 0 bridgehead atoms. The van der Waals surface area contributed by atoms with Crippen molar-refractivity contribution in [3.8, 4) is 0 Å². The molecule has 0 unspecified atom stereocenters. The number of anilines is 1. The van der Waals surface area contributed by atoms with E-state index in [2.05, 4.69) is 10.7 Å². The highest BCUT2D eigenvalue weighted by molar-refractivity contribution is 7.10. The van der Waals surface area contributed by atoms with Crippen LogP contribution >= 0.6 is 11.3 Å². The molecule has 1 fully saturated rings. The molecule has 1 aliphatic rings. The molecule has 33 heavy (non-hydrogen) atoms. The van der Waals surface area contributed by atoms with E-state index in [1.54, 1.807) is 30.4 Å². The topological polar surface area (TPSA) is 68.3 Å². The van der Waals surface area contributed by atoms with Gasteiger partial charge in [0, 0.05) is 23.4 Å². The van der Waals surface area contributed by atoms with Crippen LogP contribution in [0.1, 0.15) is 70.7 Å². The Morgan fingerprint density at radius 2 is 2.00 bits per heavy atom. The van der Waals surface area contributed by atoms with Crippen LogP contribution in [0.4, 0.5) is 5.69 Å². The van der Waals surface area contributed by atoms with E-state index in [-0.39, 0.29) is 18.3 Å². The van der Waals surface area contributed by atoms with Gasteiger partial charge in [0.05, 0.1) is 17.9 Å². The highest BCUT2D eigenvalue weighted by Crippen LogP contribution is 2.36. The maximum absolute atomic E-state index is 12.5. The predicted molar refractivity (Wildman–Crippen MR) is 133 cm³/mol. The highest BCUT2D eigenvalue weighted by Gasteiger charge is 2.21. The standard InChI is InChI=1S/C27H28N2O3S/c1-2-32-27(31)23-12-4-3-8-20(23)14-15-25(30)28-22-11-5-7-19(17-22)13-16-26-29-24(18-33-26)21-9-6-10-21/h3-5,7-8,11-13,16-18,21H,2,6,9-10,14-15H2,1H3,(H,28,30)/b16-13+. The van der Waals surface area contributed by atoms with Gasteiger partial charge >= 0.3 is 5.97 Å². The van der Waals surface area contributed by atoms with Crippen LogP contribution in [0.15, 0.2) is 53.9 Å². The molecule has 170 valence electrons. The van der Waals surface area contributed by atoms with Crippen LogP contribution in [0.5, 0.6) is 0 Å². The van der Waals surface area contributed by atoms with Gasteiger partial charge in [0.15, 0.2) is 0 Å². The lowest BCUT2D eigenvalue weighted by molar-refractivity contribution is -0.116. The number of thiazole rings is 1. The number of aryl methyl sites for hydroxylation is 1. The number of carbonyl (C=O) groups excluding carboxylic acids is 2. The van der Waals surface area contributed by atoms with Crippen LogP contribution in [-0.2, 0) is 16.0 Å². The minimum atomic E-state index is -0.354. The second-order valence-corrected chi connectivity index (χ2v) is 9.01. The lowest BCUT2D eigenvalue weighted by Gasteiger charge is -2.22. The van der Waals surface area contributed by atoms with E-state index in [1.165, 1.54) is 25.0 Å². The summed E-state index contributed by atoms with van der Waals surface area (Å²) in [5.41, 5.74) is 4.29. The third kappa shape index (κ3) is 6.17. The zero-order valence-electron chi connectivity index (χ0n) is 18.8. The molecule has 1 aliphatic carbocycles. The van der Waals surface area contributed by atoms with E-state index in [4.69, 9.17) is 9.72 Å². The van der Waals surface area contributed by atoms with E-state index in [0.29, 0.717) is 24.5 Å². The molecular formula is C27H28N2O3S. The highest BCUT2D eigenvalue weighted by atomic mass is 32.1. The monoisotopic (exact) mass is 460 g/mol.